The first-order valence-electron chi connectivity index (χ1n) is 11.6. The normalized spacial score (nSPS) is 13.0. The number of carbonyl (C=O) groups is 2. The van der Waals surface area contributed by atoms with Gasteiger partial charge in [0, 0.05) is 22.6 Å². The Bertz CT molecular complexity index is 1160. The van der Waals surface area contributed by atoms with Gasteiger partial charge < -0.3 is 15.0 Å². The van der Waals surface area contributed by atoms with E-state index >= 15 is 0 Å². The zero-order valence-corrected chi connectivity index (χ0v) is 23.5. The third-order valence-corrected chi connectivity index (χ3v) is 7.51. The van der Waals surface area contributed by atoms with E-state index in [0.717, 1.165) is 17.0 Å². The first-order chi connectivity index (χ1) is 16.9. The van der Waals surface area contributed by atoms with E-state index in [1.165, 1.54) is 12.0 Å². The summed E-state index contributed by atoms with van der Waals surface area (Å²) in [7, 11) is -2.33. The maximum absolute atomic E-state index is 13.7. The van der Waals surface area contributed by atoms with Crippen LogP contribution < -0.4 is 14.4 Å². The van der Waals surface area contributed by atoms with Gasteiger partial charge in [0.25, 0.3) is 0 Å². The number of methoxy groups -OCH3 is 1. The Morgan fingerprint density at radius 3 is 2.19 bits per heavy atom. The molecule has 0 spiro atoms. The summed E-state index contributed by atoms with van der Waals surface area (Å²) in [6, 6.07) is 10.3. The Kier molecular flexibility index (Phi) is 10.9. The molecule has 0 aliphatic rings. The van der Waals surface area contributed by atoms with Crippen molar-refractivity contribution in [3.8, 4) is 5.75 Å². The number of sulfonamides is 1. The van der Waals surface area contributed by atoms with Crippen molar-refractivity contribution in [2.24, 2.45) is 0 Å². The molecule has 2 aromatic rings. The fourth-order valence-electron chi connectivity index (χ4n) is 3.56. The lowest BCUT2D eigenvalue weighted by Crippen LogP contribution is -2.53. The second kappa shape index (κ2) is 13.2. The number of benzene rings is 2. The Morgan fingerprint density at radius 1 is 1.06 bits per heavy atom. The molecule has 2 rings (SSSR count). The molecule has 0 bridgehead atoms. The maximum atomic E-state index is 13.7. The summed E-state index contributed by atoms with van der Waals surface area (Å²) in [5.74, 6) is -0.320. The lowest BCUT2D eigenvalue weighted by Gasteiger charge is -2.33. The summed E-state index contributed by atoms with van der Waals surface area (Å²) in [4.78, 5) is 28.2. The molecular weight excluding hydrogens is 525 g/mol. The minimum atomic E-state index is -3.83. The standard InChI is InChI=1S/C25H33Cl2N3O5S/c1-6-17(3)28-25(32)23(7-2)29(15-18-8-9-19(26)14-22(18)27)24(31)16-30(36(5,33)34)20-10-12-21(35-4)13-11-20/h8-14,17,23H,6-7,15-16H2,1-5H3,(H,28,32). The van der Waals surface area contributed by atoms with E-state index in [1.807, 2.05) is 13.8 Å². The molecule has 0 heterocycles. The molecule has 1 N–H and O–H groups in total. The molecule has 11 heteroatoms. The number of nitrogens with one attached hydrogen (secondary N) is 1. The molecule has 2 atom stereocenters. The predicted molar refractivity (Wildman–Crippen MR) is 144 cm³/mol. The van der Waals surface area contributed by atoms with Crippen LogP contribution in [-0.2, 0) is 26.2 Å². The van der Waals surface area contributed by atoms with Gasteiger partial charge in [-0.05, 0) is 61.7 Å². The van der Waals surface area contributed by atoms with Crippen molar-refractivity contribution >= 4 is 50.7 Å². The second-order valence-corrected chi connectivity index (χ2v) is 11.2. The van der Waals surface area contributed by atoms with E-state index in [4.69, 9.17) is 27.9 Å². The first-order valence-corrected chi connectivity index (χ1v) is 14.2. The minimum absolute atomic E-state index is 0.00147. The van der Waals surface area contributed by atoms with Crippen molar-refractivity contribution in [3.63, 3.8) is 0 Å². The van der Waals surface area contributed by atoms with Crippen LogP contribution in [0.15, 0.2) is 42.5 Å². The van der Waals surface area contributed by atoms with Gasteiger partial charge in [0.05, 0.1) is 19.1 Å². The number of ether oxygens (including phenoxy) is 1. The fourth-order valence-corrected chi connectivity index (χ4v) is 4.87. The van der Waals surface area contributed by atoms with E-state index in [-0.39, 0.29) is 18.5 Å². The van der Waals surface area contributed by atoms with E-state index in [1.54, 1.807) is 49.4 Å². The molecule has 2 amide bonds. The lowest BCUT2D eigenvalue weighted by molar-refractivity contribution is -0.140. The highest BCUT2D eigenvalue weighted by atomic mass is 35.5. The molecule has 0 aromatic heterocycles. The van der Waals surface area contributed by atoms with Gasteiger partial charge in [0.2, 0.25) is 21.8 Å². The van der Waals surface area contributed by atoms with Crippen molar-refractivity contribution in [3.05, 3.63) is 58.1 Å². The SMILES string of the molecule is CCC(C)NC(=O)C(CC)N(Cc1ccc(Cl)cc1Cl)C(=O)CN(c1ccc(OC)cc1)S(C)(=O)=O. The summed E-state index contributed by atoms with van der Waals surface area (Å²) in [5, 5.41) is 3.70. The number of carbonyl (C=O) groups excluding carboxylic acids is 2. The molecule has 8 nitrogen and oxygen atoms in total. The van der Waals surface area contributed by atoms with Gasteiger partial charge in [0.15, 0.2) is 0 Å². The zero-order valence-electron chi connectivity index (χ0n) is 21.1. The van der Waals surface area contributed by atoms with Crippen molar-refractivity contribution in [2.45, 2.75) is 52.2 Å². The summed E-state index contributed by atoms with van der Waals surface area (Å²) in [6.45, 7) is 5.12. The molecule has 198 valence electrons. The van der Waals surface area contributed by atoms with Crippen LogP contribution in [0.5, 0.6) is 5.75 Å². The smallest absolute Gasteiger partial charge is 0.244 e. The Balaban J connectivity index is 2.46. The van der Waals surface area contributed by atoms with E-state index < -0.39 is 28.5 Å². The summed E-state index contributed by atoms with van der Waals surface area (Å²) < 4.78 is 31.5. The van der Waals surface area contributed by atoms with Gasteiger partial charge in [-0.2, -0.15) is 0 Å². The minimum Gasteiger partial charge on any atom is -0.497 e. The van der Waals surface area contributed by atoms with E-state index in [0.29, 0.717) is 33.5 Å². The van der Waals surface area contributed by atoms with Crippen LogP contribution in [0.3, 0.4) is 0 Å². The zero-order chi connectivity index (χ0) is 27.0. The summed E-state index contributed by atoms with van der Waals surface area (Å²) in [5.41, 5.74) is 0.882. The van der Waals surface area contributed by atoms with Gasteiger partial charge in [0.1, 0.15) is 18.3 Å². The van der Waals surface area contributed by atoms with Crippen LogP contribution in [0.1, 0.15) is 39.2 Å². The third-order valence-electron chi connectivity index (χ3n) is 5.78. The number of anilines is 1. The molecule has 0 saturated carbocycles. The van der Waals surface area contributed by atoms with E-state index in [2.05, 4.69) is 5.32 Å². The molecule has 2 unspecified atom stereocenters. The van der Waals surface area contributed by atoms with Crippen LogP contribution in [0.4, 0.5) is 5.69 Å². The molecule has 0 radical (unpaired) electrons. The van der Waals surface area contributed by atoms with Crippen molar-refractivity contribution in [2.75, 3.05) is 24.2 Å². The molecule has 2 aromatic carbocycles. The van der Waals surface area contributed by atoms with Crippen LogP contribution in [0, 0.1) is 0 Å². The average molecular weight is 559 g/mol. The fraction of sp³-hybridized carbons (Fsp3) is 0.440. The Labute approximate surface area is 223 Å². The molecule has 0 aliphatic heterocycles. The van der Waals surface area contributed by atoms with Crippen molar-refractivity contribution in [1.29, 1.82) is 0 Å². The highest BCUT2D eigenvalue weighted by molar-refractivity contribution is 7.92. The molecule has 0 fully saturated rings. The number of hydrogen-bond acceptors (Lipinski definition) is 5. The number of amides is 2. The van der Waals surface area contributed by atoms with Crippen molar-refractivity contribution in [1.82, 2.24) is 10.2 Å². The molecule has 0 saturated heterocycles. The lowest BCUT2D eigenvalue weighted by atomic mass is 10.1. The topological polar surface area (TPSA) is 96.0 Å². The predicted octanol–water partition coefficient (Wildman–Crippen LogP) is 4.49. The first kappa shape index (κ1) is 29.7. The number of rotatable bonds is 12. The molecular formula is C25H33Cl2N3O5S. The number of nitrogens with zero attached hydrogens (tertiary/aromatic N) is 2. The van der Waals surface area contributed by atoms with Crippen molar-refractivity contribution < 1.29 is 22.7 Å². The monoisotopic (exact) mass is 557 g/mol. The largest absolute Gasteiger partial charge is 0.497 e. The maximum Gasteiger partial charge on any atom is 0.244 e. The van der Waals surface area contributed by atoms with Crippen LogP contribution in [0.25, 0.3) is 0 Å². The third kappa shape index (κ3) is 8.01. The highest BCUT2D eigenvalue weighted by Crippen LogP contribution is 2.25. The summed E-state index contributed by atoms with van der Waals surface area (Å²) in [6.07, 6.45) is 2.07. The quantitative estimate of drug-likeness (QED) is 0.414. The summed E-state index contributed by atoms with van der Waals surface area (Å²) >= 11 is 12.4. The van der Waals surface area contributed by atoms with Gasteiger partial charge in [-0.1, -0.05) is 43.1 Å². The van der Waals surface area contributed by atoms with Crippen LogP contribution in [0.2, 0.25) is 10.0 Å². The highest BCUT2D eigenvalue weighted by Gasteiger charge is 2.32. The second-order valence-electron chi connectivity index (χ2n) is 8.47. The van der Waals surface area contributed by atoms with E-state index in [9.17, 15) is 18.0 Å². The van der Waals surface area contributed by atoms with Gasteiger partial charge in [-0.25, -0.2) is 8.42 Å². The van der Waals surface area contributed by atoms with Crippen LogP contribution in [-0.4, -0.2) is 57.1 Å². The van der Waals surface area contributed by atoms with Crippen LogP contribution >= 0.6 is 23.2 Å². The van der Waals surface area contributed by atoms with Gasteiger partial charge in [-0.15, -0.1) is 0 Å². The van der Waals surface area contributed by atoms with Gasteiger partial charge in [-0.3, -0.25) is 13.9 Å². The Morgan fingerprint density at radius 2 is 1.69 bits per heavy atom. The number of halogens is 2. The number of hydrogen-bond donors (Lipinski definition) is 1. The molecule has 36 heavy (non-hydrogen) atoms. The average Bonchev–Trinajstić information content (AvgIpc) is 2.82. The van der Waals surface area contributed by atoms with Gasteiger partial charge >= 0.3 is 0 Å². The Hall–Kier alpha value is -2.49. The molecule has 0 aliphatic carbocycles.